The Hall–Kier alpha value is -12.0. The van der Waals surface area contributed by atoms with Gasteiger partial charge in [0.05, 0.1) is 78.6 Å². The molecule has 0 fully saturated rings. The topological polar surface area (TPSA) is 107 Å². The third-order valence-corrected chi connectivity index (χ3v) is 18.1. The molecule has 0 N–H and O–H groups in total. The van der Waals surface area contributed by atoms with Gasteiger partial charge in [0.2, 0.25) is 0 Å². The van der Waals surface area contributed by atoms with Crippen LogP contribution in [-0.2, 0) is 0 Å². The number of nitrogens with zero attached hydrogens (tertiary/aromatic N) is 7. The number of para-hydroxylation sites is 4. The van der Waals surface area contributed by atoms with Gasteiger partial charge in [0.1, 0.15) is 0 Å². The van der Waals surface area contributed by atoms with Gasteiger partial charge in [0.25, 0.3) is 0 Å². The molecule has 0 amide bonds. The monoisotopic (exact) mass is 1120 g/mol. The minimum atomic E-state index is 0.187. The highest BCUT2D eigenvalue weighted by Gasteiger charge is 2.35. The molecule has 16 aromatic rings. The second-order valence-corrected chi connectivity index (χ2v) is 22.6. The summed E-state index contributed by atoms with van der Waals surface area (Å²) >= 11 is 1.77. The van der Waals surface area contributed by atoms with Crippen molar-refractivity contribution in [2.45, 2.75) is 0 Å². The zero-order valence-electron chi connectivity index (χ0n) is 46.5. The Labute approximate surface area is 504 Å². The standard InChI is InChI=1S/C79H45N7S/c80-44-49-42-55(45-81)66(56(43-49)46-82)57-47-83-79(84-48-57)74-76(86-64-40-22-18-36-60(64)61-37-19-23-41-65(61)86)71(54-32-14-5-15-33-54)75(85-62-38-20-16-34-58(62)59-35-17-21-39-63(59)85)73-72-69(52-28-10-3-11-29-52)67(50-24-6-1-7-25-50)68(51-26-8-2-9-27-51)70(77(72)87-78(73)74)53-30-12-4-13-31-53/h1-43,47-48H. The number of nitriles is 3. The molecule has 0 saturated heterocycles. The van der Waals surface area contributed by atoms with E-state index in [4.69, 9.17) is 9.97 Å². The second kappa shape index (κ2) is 20.7. The van der Waals surface area contributed by atoms with Crippen molar-refractivity contribution in [1.82, 2.24) is 19.1 Å². The summed E-state index contributed by atoms with van der Waals surface area (Å²) in [6.45, 7) is 0. The van der Waals surface area contributed by atoms with Crippen molar-refractivity contribution >= 4 is 75.1 Å². The molecular weight excluding hydrogens is 1080 g/mol. The van der Waals surface area contributed by atoms with Crippen molar-refractivity contribution in [3.63, 3.8) is 0 Å². The molecular formula is C79H45N7S. The summed E-state index contributed by atoms with van der Waals surface area (Å²) in [5.74, 6) is 0.442. The first-order chi connectivity index (χ1) is 43.1. The van der Waals surface area contributed by atoms with Crippen LogP contribution >= 0.6 is 11.3 Å². The van der Waals surface area contributed by atoms with E-state index in [2.05, 4.69) is 276 Å². The van der Waals surface area contributed by atoms with Gasteiger partial charge < -0.3 is 9.13 Å². The third-order valence-electron chi connectivity index (χ3n) is 16.9. The molecule has 0 radical (unpaired) electrons. The first kappa shape index (κ1) is 50.7. The number of hydrogen-bond donors (Lipinski definition) is 0. The third kappa shape index (κ3) is 7.93. The number of rotatable bonds is 9. The van der Waals surface area contributed by atoms with Crippen LogP contribution in [0.2, 0.25) is 0 Å². The van der Waals surface area contributed by atoms with Crippen LogP contribution in [0, 0.1) is 34.0 Å². The smallest absolute Gasteiger partial charge is 0.162 e. The van der Waals surface area contributed by atoms with E-state index in [1.807, 2.05) is 0 Å². The molecule has 0 spiro atoms. The quantitative estimate of drug-likeness (QED) is 0.143. The Morgan fingerprint density at radius 1 is 0.299 bits per heavy atom. The molecule has 0 unspecified atom stereocenters. The van der Waals surface area contributed by atoms with Crippen molar-refractivity contribution in [3.8, 4) is 108 Å². The highest BCUT2D eigenvalue weighted by Crippen LogP contribution is 2.60. The molecule has 0 aliphatic rings. The first-order valence-corrected chi connectivity index (χ1v) is 29.5. The fourth-order valence-electron chi connectivity index (χ4n) is 13.4. The number of hydrogen-bond acceptors (Lipinski definition) is 6. The van der Waals surface area contributed by atoms with E-state index in [0.717, 1.165) is 136 Å². The Morgan fingerprint density at radius 2 is 0.644 bits per heavy atom. The summed E-state index contributed by atoms with van der Waals surface area (Å²) in [4.78, 5) is 11.0. The molecule has 12 aromatic carbocycles. The summed E-state index contributed by atoms with van der Waals surface area (Å²) in [5, 5.41) is 37.7. The summed E-state index contributed by atoms with van der Waals surface area (Å²) in [5.41, 5.74) is 18.9. The van der Waals surface area contributed by atoms with Crippen LogP contribution in [0.4, 0.5) is 0 Å². The van der Waals surface area contributed by atoms with Crippen LogP contribution in [-0.4, -0.2) is 19.1 Å². The van der Waals surface area contributed by atoms with Crippen LogP contribution in [0.15, 0.2) is 273 Å². The molecule has 0 saturated carbocycles. The Morgan fingerprint density at radius 3 is 1.06 bits per heavy atom. The number of benzene rings is 12. The molecule has 0 aliphatic carbocycles. The van der Waals surface area contributed by atoms with Crippen molar-refractivity contribution in [2.24, 2.45) is 0 Å². The molecule has 8 heteroatoms. The number of thiophene rings is 1. The van der Waals surface area contributed by atoms with E-state index < -0.39 is 0 Å². The van der Waals surface area contributed by atoms with Gasteiger partial charge >= 0.3 is 0 Å². The lowest BCUT2D eigenvalue weighted by Gasteiger charge is -2.26. The van der Waals surface area contributed by atoms with E-state index >= 15 is 0 Å². The lowest BCUT2D eigenvalue weighted by molar-refractivity contribution is 1.13. The van der Waals surface area contributed by atoms with E-state index in [1.165, 1.54) is 12.1 Å². The second-order valence-electron chi connectivity index (χ2n) is 21.6. The summed E-state index contributed by atoms with van der Waals surface area (Å²) in [7, 11) is 0. The number of fused-ring (bicyclic) bond motifs is 9. The Bertz CT molecular complexity index is 5430. The van der Waals surface area contributed by atoms with Crippen molar-refractivity contribution in [3.05, 3.63) is 290 Å². The maximum absolute atomic E-state index is 10.6. The average molecular weight is 1120 g/mol. The van der Waals surface area contributed by atoms with Crippen molar-refractivity contribution in [2.75, 3.05) is 0 Å². The molecule has 4 heterocycles. The fourth-order valence-corrected chi connectivity index (χ4v) is 14.8. The summed E-state index contributed by atoms with van der Waals surface area (Å²) in [6.07, 6.45) is 3.46. The summed E-state index contributed by atoms with van der Waals surface area (Å²) < 4.78 is 7.00. The number of aromatic nitrogens is 4. The lowest BCUT2D eigenvalue weighted by Crippen LogP contribution is -2.08. The maximum Gasteiger partial charge on any atom is 0.162 e. The largest absolute Gasteiger partial charge is 0.308 e. The van der Waals surface area contributed by atoms with Gasteiger partial charge in [-0.05, 0) is 80.9 Å². The molecule has 4 aromatic heterocycles. The molecule has 0 atom stereocenters. The minimum Gasteiger partial charge on any atom is -0.308 e. The summed E-state index contributed by atoms with van der Waals surface area (Å²) in [6, 6.07) is 98.8. The SMILES string of the molecule is N#Cc1cc(C#N)c(-c2cnc(-c3c(-n4c5ccccc5c5ccccc54)c(-c4ccccc4)c(-n4c5ccccc5c5ccccc54)c4c3sc3c(-c5ccccc5)c(-c5ccccc5)c(-c5ccccc5)c(-c5ccccc5)c34)nc2)c(C#N)c1. The van der Waals surface area contributed by atoms with E-state index in [1.54, 1.807) is 23.7 Å². The van der Waals surface area contributed by atoms with Gasteiger partial charge in [-0.15, -0.1) is 11.3 Å². The van der Waals surface area contributed by atoms with Crippen LogP contribution < -0.4 is 0 Å². The van der Waals surface area contributed by atoms with Crippen LogP contribution in [0.1, 0.15) is 16.7 Å². The van der Waals surface area contributed by atoms with Crippen LogP contribution in [0.5, 0.6) is 0 Å². The van der Waals surface area contributed by atoms with E-state index in [-0.39, 0.29) is 16.7 Å². The van der Waals surface area contributed by atoms with Gasteiger partial charge in [0.15, 0.2) is 5.82 Å². The zero-order valence-corrected chi connectivity index (χ0v) is 47.3. The van der Waals surface area contributed by atoms with Crippen LogP contribution in [0.3, 0.4) is 0 Å². The van der Waals surface area contributed by atoms with Gasteiger partial charge in [-0.3, -0.25) is 0 Å². The zero-order chi connectivity index (χ0) is 58.1. The minimum absolute atomic E-state index is 0.187. The predicted octanol–water partition coefficient (Wildman–Crippen LogP) is 20.3. The average Bonchev–Trinajstić information content (AvgIpc) is 1.58. The van der Waals surface area contributed by atoms with Gasteiger partial charge in [-0.2, -0.15) is 15.8 Å². The first-order valence-electron chi connectivity index (χ1n) is 28.7. The Balaban J connectivity index is 1.24. The molecule has 87 heavy (non-hydrogen) atoms. The van der Waals surface area contributed by atoms with Gasteiger partial charge in [-0.25, -0.2) is 9.97 Å². The molecule has 7 nitrogen and oxygen atoms in total. The molecule has 0 aliphatic heterocycles. The molecule has 402 valence electrons. The van der Waals surface area contributed by atoms with Gasteiger partial charge in [0, 0.05) is 71.7 Å². The van der Waals surface area contributed by atoms with Crippen LogP contribution in [0.25, 0.3) is 153 Å². The normalized spacial score (nSPS) is 11.4. The lowest BCUT2D eigenvalue weighted by atomic mass is 9.80. The highest BCUT2D eigenvalue weighted by molar-refractivity contribution is 7.27. The fraction of sp³-hybridized carbons (Fsp3) is 0. The van der Waals surface area contributed by atoms with E-state index in [0.29, 0.717) is 17.0 Å². The predicted molar refractivity (Wildman–Crippen MR) is 356 cm³/mol. The molecule has 0 bridgehead atoms. The van der Waals surface area contributed by atoms with E-state index in [9.17, 15) is 15.8 Å². The van der Waals surface area contributed by atoms with Gasteiger partial charge in [-0.1, -0.05) is 224 Å². The van der Waals surface area contributed by atoms with Crippen molar-refractivity contribution in [1.29, 1.82) is 15.8 Å². The molecule has 16 rings (SSSR count). The highest BCUT2D eigenvalue weighted by atomic mass is 32.1. The van der Waals surface area contributed by atoms with Crippen molar-refractivity contribution < 1.29 is 0 Å². The Kier molecular flexibility index (Phi) is 12.1. The maximum atomic E-state index is 10.6.